The maximum Gasteiger partial charge on any atom is 0.251 e. The van der Waals surface area contributed by atoms with Gasteiger partial charge in [0.2, 0.25) is 11.8 Å². The number of anilines is 1. The fraction of sp³-hybridized carbons (Fsp3) is 0.441. The molecule has 3 amide bonds. The van der Waals surface area contributed by atoms with Crippen molar-refractivity contribution in [1.29, 1.82) is 0 Å². The van der Waals surface area contributed by atoms with Crippen LogP contribution in [0.4, 0.5) is 5.69 Å². The monoisotopic (exact) mass is 587 g/mol. The van der Waals surface area contributed by atoms with Crippen LogP contribution in [0.5, 0.6) is 0 Å². The molecule has 42 heavy (non-hydrogen) atoms. The fourth-order valence-electron chi connectivity index (χ4n) is 7.52. The Kier molecular flexibility index (Phi) is 8.41. The van der Waals surface area contributed by atoms with E-state index in [4.69, 9.17) is 0 Å². The number of fused-ring (bicyclic) bond motifs is 1. The number of aliphatic hydroxyl groups excluding tert-OH is 1. The van der Waals surface area contributed by atoms with E-state index in [1.54, 1.807) is 45.7 Å². The molecule has 3 aliphatic rings. The summed E-state index contributed by atoms with van der Waals surface area (Å²) in [5, 5.41) is 10.7. The summed E-state index contributed by atoms with van der Waals surface area (Å²) in [6.07, 6.45) is 4.13. The molecular formula is C34H41N3O4S. The minimum atomic E-state index is -0.875. The molecule has 0 aromatic heterocycles. The number of carbonyl (C=O) groups is 3. The molecule has 3 fully saturated rings. The van der Waals surface area contributed by atoms with Gasteiger partial charge >= 0.3 is 0 Å². The van der Waals surface area contributed by atoms with E-state index in [1.807, 2.05) is 62.4 Å². The number of carbonyl (C=O) groups excluding carboxylic acids is 3. The zero-order valence-electron chi connectivity index (χ0n) is 24.9. The Morgan fingerprint density at radius 1 is 1.12 bits per heavy atom. The summed E-state index contributed by atoms with van der Waals surface area (Å²) in [6, 6.07) is 13.8. The highest BCUT2D eigenvalue weighted by molar-refractivity contribution is 8.02. The van der Waals surface area contributed by atoms with Gasteiger partial charge in [0.15, 0.2) is 0 Å². The molecule has 2 bridgehead atoms. The number of thioether (sulfide) groups is 1. The maximum absolute atomic E-state index is 15.1. The zero-order valence-corrected chi connectivity index (χ0v) is 25.7. The first-order chi connectivity index (χ1) is 20.1. The number of likely N-dealkylation sites (N-methyl/N-ethyl adjacent to an activating group) is 1. The number of nitrogens with zero attached hydrogens (tertiary/aromatic N) is 3. The molecule has 2 aromatic carbocycles. The maximum atomic E-state index is 15.1. The molecule has 1 N–H and O–H groups in total. The topological polar surface area (TPSA) is 81.2 Å². The summed E-state index contributed by atoms with van der Waals surface area (Å²) in [5.74, 6) is -1.75. The SMILES string of the molecule is C=CCN(C)C(=O)[C@@H]1[C@H]2C(=O)N([C@H](CO)c3ccccc3)C(C(=O)N(CC=C)c3cc(C)ccc3C)C23S[C@@H]1CC3C. The molecule has 3 aliphatic heterocycles. The smallest absolute Gasteiger partial charge is 0.251 e. The van der Waals surface area contributed by atoms with Crippen LogP contribution < -0.4 is 4.90 Å². The Bertz CT molecular complexity index is 1400. The lowest BCUT2D eigenvalue weighted by Crippen LogP contribution is -2.58. The quantitative estimate of drug-likeness (QED) is 0.413. The number of benzene rings is 2. The van der Waals surface area contributed by atoms with Crippen molar-refractivity contribution in [2.24, 2.45) is 17.8 Å². The standard InChI is InChI=1S/C34H41N3O4S/c1-7-16-35(6)31(39)28-27-19-23(5)34(42-27)29(28)32(40)37(26(20-38)24-12-10-9-11-13-24)30(34)33(41)36(17-8-2)25-18-21(3)14-15-22(25)4/h7-15,18,23,26-30,38H,1-2,16-17,19-20H2,3-6H3/t23?,26-,27-,28+,29+,30?,34?/m1/s1. The summed E-state index contributed by atoms with van der Waals surface area (Å²) in [4.78, 5) is 48.7. The van der Waals surface area contributed by atoms with Crippen LogP contribution in [0.25, 0.3) is 0 Å². The third-order valence-electron chi connectivity index (χ3n) is 9.41. The van der Waals surface area contributed by atoms with E-state index in [0.29, 0.717) is 6.54 Å². The van der Waals surface area contributed by atoms with Crippen molar-refractivity contribution >= 4 is 35.2 Å². The normalized spacial score (nSPS) is 28.4. The second-order valence-electron chi connectivity index (χ2n) is 11.9. The Balaban J connectivity index is 1.69. The predicted molar refractivity (Wildman–Crippen MR) is 168 cm³/mol. The molecule has 0 radical (unpaired) electrons. The van der Waals surface area contributed by atoms with Crippen LogP contribution in [0.15, 0.2) is 73.8 Å². The molecule has 222 valence electrons. The number of likely N-dealkylation sites (tertiary alicyclic amines) is 1. The van der Waals surface area contributed by atoms with E-state index < -0.39 is 28.7 Å². The van der Waals surface area contributed by atoms with Crippen LogP contribution in [0.2, 0.25) is 0 Å². The number of hydrogen-bond donors (Lipinski definition) is 1. The first kappa shape index (κ1) is 30.1. The number of amides is 3. The number of rotatable bonds is 10. The van der Waals surface area contributed by atoms with Crippen molar-refractivity contribution in [3.63, 3.8) is 0 Å². The van der Waals surface area contributed by atoms with E-state index in [0.717, 1.165) is 28.8 Å². The molecular weight excluding hydrogens is 546 g/mol. The van der Waals surface area contributed by atoms with Crippen molar-refractivity contribution in [1.82, 2.24) is 9.80 Å². The van der Waals surface area contributed by atoms with Crippen molar-refractivity contribution in [2.75, 3.05) is 31.6 Å². The highest BCUT2D eigenvalue weighted by atomic mass is 32.2. The van der Waals surface area contributed by atoms with Gasteiger partial charge in [-0.15, -0.1) is 24.9 Å². The van der Waals surface area contributed by atoms with E-state index in [-0.39, 0.29) is 42.0 Å². The number of hydrogen-bond acceptors (Lipinski definition) is 5. The van der Waals surface area contributed by atoms with Gasteiger partial charge in [0.05, 0.1) is 29.2 Å². The van der Waals surface area contributed by atoms with Gasteiger partial charge in [-0.2, -0.15) is 0 Å². The largest absolute Gasteiger partial charge is 0.394 e. The minimum Gasteiger partial charge on any atom is -0.394 e. The molecule has 0 aliphatic carbocycles. The Morgan fingerprint density at radius 3 is 2.45 bits per heavy atom. The van der Waals surface area contributed by atoms with Gasteiger partial charge in [0, 0.05) is 31.1 Å². The van der Waals surface area contributed by atoms with Crippen molar-refractivity contribution < 1.29 is 19.5 Å². The Labute approximate surface area is 253 Å². The molecule has 5 rings (SSSR count). The lowest BCUT2D eigenvalue weighted by atomic mass is 9.65. The predicted octanol–water partition coefficient (Wildman–Crippen LogP) is 4.54. The number of aryl methyl sites for hydroxylation is 2. The summed E-state index contributed by atoms with van der Waals surface area (Å²) < 4.78 is -0.812. The van der Waals surface area contributed by atoms with Gasteiger partial charge in [-0.05, 0) is 48.9 Å². The third kappa shape index (κ3) is 4.60. The fourth-order valence-corrected chi connectivity index (χ4v) is 9.91. The van der Waals surface area contributed by atoms with E-state index in [2.05, 4.69) is 20.1 Å². The van der Waals surface area contributed by atoms with E-state index in [1.165, 1.54) is 0 Å². The van der Waals surface area contributed by atoms with Gasteiger partial charge < -0.3 is 19.8 Å². The van der Waals surface area contributed by atoms with E-state index >= 15 is 4.79 Å². The summed E-state index contributed by atoms with van der Waals surface area (Å²) in [7, 11) is 1.74. The summed E-state index contributed by atoms with van der Waals surface area (Å²) in [5.41, 5.74) is 3.49. The van der Waals surface area contributed by atoms with E-state index in [9.17, 15) is 14.7 Å². The van der Waals surface area contributed by atoms with Crippen LogP contribution >= 0.6 is 11.8 Å². The average Bonchev–Trinajstić information content (AvgIpc) is 3.57. The van der Waals surface area contributed by atoms with Crippen LogP contribution in [0, 0.1) is 31.6 Å². The van der Waals surface area contributed by atoms with Gasteiger partial charge in [-0.3, -0.25) is 14.4 Å². The molecule has 3 heterocycles. The first-order valence-electron chi connectivity index (χ1n) is 14.6. The molecule has 0 saturated carbocycles. The van der Waals surface area contributed by atoms with Crippen LogP contribution in [0.1, 0.15) is 36.1 Å². The molecule has 3 unspecified atom stereocenters. The van der Waals surface area contributed by atoms with Crippen molar-refractivity contribution in [3.05, 3.63) is 90.5 Å². The van der Waals surface area contributed by atoms with Crippen molar-refractivity contribution in [2.45, 2.75) is 49.3 Å². The highest BCUT2D eigenvalue weighted by Crippen LogP contribution is 2.69. The minimum absolute atomic E-state index is 0.00784. The second kappa shape index (κ2) is 11.7. The average molecular weight is 588 g/mol. The molecule has 7 nitrogen and oxygen atoms in total. The summed E-state index contributed by atoms with van der Waals surface area (Å²) >= 11 is 1.64. The molecule has 3 saturated heterocycles. The summed E-state index contributed by atoms with van der Waals surface area (Å²) in [6.45, 7) is 14.1. The van der Waals surface area contributed by atoms with Gasteiger partial charge in [-0.25, -0.2) is 0 Å². The highest BCUT2D eigenvalue weighted by Gasteiger charge is 2.77. The Morgan fingerprint density at radius 2 is 1.81 bits per heavy atom. The lowest BCUT2D eigenvalue weighted by Gasteiger charge is -2.42. The van der Waals surface area contributed by atoms with Crippen molar-refractivity contribution in [3.8, 4) is 0 Å². The van der Waals surface area contributed by atoms with Gasteiger partial charge in [0.1, 0.15) is 6.04 Å². The van der Waals surface area contributed by atoms with Gasteiger partial charge in [0.25, 0.3) is 5.91 Å². The third-order valence-corrected chi connectivity index (χ3v) is 11.5. The molecule has 7 atom stereocenters. The number of aliphatic hydroxyl groups is 1. The Hall–Kier alpha value is -3.36. The molecule has 1 spiro atoms. The van der Waals surface area contributed by atoms with Crippen LogP contribution in [0.3, 0.4) is 0 Å². The molecule has 2 aromatic rings. The lowest BCUT2D eigenvalue weighted by molar-refractivity contribution is -0.145. The second-order valence-corrected chi connectivity index (χ2v) is 13.5. The first-order valence-corrected chi connectivity index (χ1v) is 15.5. The van der Waals surface area contributed by atoms with Crippen LogP contribution in [-0.2, 0) is 14.4 Å². The van der Waals surface area contributed by atoms with Gasteiger partial charge in [-0.1, -0.05) is 61.5 Å². The zero-order chi connectivity index (χ0) is 30.3. The molecule has 8 heteroatoms. The van der Waals surface area contributed by atoms with Crippen LogP contribution in [-0.4, -0.2) is 75.4 Å².